The predicted molar refractivity (Wildman–Crippen MR) is 85.9 cm³/mol. The van der Waals surface area contributed by atoms with Crippen molar-refractivity contribution in [3.63, 3.8) is 0 Å². The molecule has 2 aromatic rings. The van der Waals surface area contributed by atoms with Gasteiger partial charge in [0.2, 0.25) is 5.91 Å². The predicted octanol–water partition coefficient (Wildman–Crippen LogP) is 1.45. The van der Waals surface area contributed by atoms with Gasteiger partial charge in [-0.25, -0.2) is 4.39 Å². The molecule has 0 saturated carbocycles. The molecule has 3 N–H and O–H groups in total. The second-order valence-electron chi connectivity index (χ2n) is 6.01. The molecule has 1 saturated heterocycles. The highest BCUT2D eigenvalue weighted by molar-refractivity contribution is 6.01. The number of nitrogens with one attached hydrogen (secondary N) is 1. The number of nitrogens with zero attached hydrogens (tertiary/aromatic N) is 1. The standard InChI is InChI=1S/C17H18FN3O3/c1-10-13(7-11-3-4-12(18)8-14(11)20-10)15(22)21-17(16(19)23)5-2-6-24-9-17/h3-4,7-8H,2,5-6,9H2,1H3,(H2,19,23)(H,21,22). The first-order chi connectivity index (χ1) is 11.4. The van der Waals surface area contributed by atoms with Gasteiger partial charge < -0.3 is 15.8 Å². The van der Waals surface area contributed by atoms with Crippen LogP contribution in [0.2, 0.25) is 0 Å². The quantitative estimate of drug-likeness (QED) is 0.890. The molecule has 6 nitrogen and oxygen atoms in total. The number of hydrogen-bond acceptors (Lipinski definition) is 4. The summed E-state index contributed by atoms with van der Waals surface area (Å²) in [6.45, 7) is 2.25. The summed E-state index contributed by atoms with van der Waals surface area (Å²) in [7, 11) is 0. The first-order valence-corrected chi connectivity index (χ1v) is 7.68. The fraction of sp³-hybridized carbons (Fsp3) is 0.353. The van der Waals surface area contributed by atoms with Crippen LogP contribution < -0.4 is 11.1 Å². The van der Waals surface area contributed by atoms with E-state index in [-0.39, 0.29) is 6.61 Å². The van der Waals surface area contributed by atoms with E-state index < -0.39 is 23.2 Å². The van der Waals surface area contributed by atoms with Gasteiger partial charge in [-0.2, -0.15) is 0 Å². The fourth-order valence-electron chi connectivity index (χ4n) is 2.90. The summed E-state index contributed by atoms with van der Waals surface area (Å²) in [5.41, 5.74) is 5.51. The third kappa shape index (κ3) is 2.94. The molecule has 1 aliphatic heterocycles. The minimum atomic E-state index is -1.21. The van der Waals surface area contributed by atoms with Crippen LogP contribution in [0, 0.1) is 12.7 Å². The minimum absolute atomic E-state index is 0.0549. The van der Waals surface area contributed by atoms with E-state index >= 15 is 0 Å². The smallest absolute Gasteiger partial charge is 0.254 e. The third-order valence-electron chi connectivity index (χ3n) is 4.28. The van der Waals surface area contributed by atoms with Gasteiger partial charge in [-0.3, -0.25) is 14.6 Å². The van der Waals surface area contributed by atoms with E-state index in [2.05, 4.69) is 10.3 Å². The van der Waals surface area contributed by atoms with E-state index in [0.29, 0.717) is 41.6 Å². The number of aromatic nitrogens is 1. The molecular formula is C17H18FN3O3. The van der Waals surface area contributed by atoms with Crippen molar-refractivity contribution in [2.75, 3.05) is 13.2 Å². The van der Waals surface area contributed by atoms with Crippen LogP contribution in [-0.4, -0.2) is 35.6 Å². The number of primary amides is 1. The van der Waals surface area contributed by atoms with Crippen LogP contribution in [0.3, 0.4) is 0 Å². The van der Waals surface area contributed by atoms with Gasteiger partial charge in [0.25, 0.3) is 5.91 Å². The Bertz CT molecular complexity index is 816. The SMILES string of the molecule is Cc1nc2cc(F)ccc2cc1C(=O)NC1(C(N)=O)CCCOC1. The Morgan fingerprint density at radius 3 is 2.83 bits per heavy atom. The van der Waals surface area contributed by atoms with Crippen molar-refractivity contribution in [1.82, 2.24) is 10.3 Å². The maximum atomic E-state index is 13.3. The lowest BCUT2D eigenvalue weighted by Crippen LogP contribution is -2.62. The van der Waals surface area contributed by atoms with Crippen LogP contribution in [0.5, 0.6) is 0 Å². The normalized spacial score (nSPS) is 20.8. The number of amides is 2. The highest BCUT2D eigenvalue weighted by Gasteiger charge is 2.40. The number of benzene rings is 1. The number of hydrogen-bond donors (Lipinski definition) is 2. The number of rotatable bonds is 3. The number of aryl methyl sites for hydroxylation is 1. The average molecular weight is 331 g/mol. The maximum absolute atomic E-state index is 13.3. The van der Waals surface area contributed by atoms with Gasteiger partial charge in [-0.05, 0) is 38.0 Å². The van der Waals surface area contributed by atoms with E-state index in [0.717, 1.165) is 0 Å². The number of ether oxygens (including phenoxy) is 1. The van der Waals surface area contributed by atoms with E-state index in [1.54, 1.807) is 19.1 Å². The Morgan fingerprint density at radius 1 is 1.38 bits per heavy atom. The number of carbonyl (C=O) groups excluding carboxylic acids is 2. The number of pyridine rings is 1. The van der Waals surface area contributed by atoms with Crippen molar-refractivity contribution in [2.45, 2.75) is 25.3 Å². The summed E-state index contributed by atoms with van der Waals surface area (Å²) in [6.07, 6.45) is 1.07. The first kappa shape index (κ1) is 16.3. The van der Waals surface area contributed by atoms with Crippen molar-refractivity contribution in [3.8, 4) is 0 Å². The second kappa shape index (κ2) is 6.16. The molecule has 1 fully saturated rings. The van der Waals surface area contributed by atoms with Gasteiger partial charge in [-0.15, -0.1) is 0 Å². The Balaban J connectivity index is 1.94. The van der Waals surface area contributed by atoms with Crippen molar-refractivity contribution in [2.24, 2.45) is 5.73 Å². The summed E-state index contributed by atoms with van der Waals surface area (Å²) >= 11 is 0. The number of fused-ring (bicyclic) bond motifs is 1. The molecule has 0 spiro atoms. The second-order valence-corrected chi connectivity index (χ2v) is 6.01. The van der Waals surface area contributed by atoms with Gasteiger partial charge in [0.15, 0.2) is 0 Å². The molecule has 3 rings (SSSR count). The zero-order chi connectivity index (χ0) is 17.3. The van der Waals surface area contributed by atoms with Crippen molar-refractivity contribution < 1.29 is 18.7 Å². The van der Waals surface area contributed by atoms with E-state index in [1.807, 2.05) is 0 Å². The molecule has 1 unspecified atom stereocenters. The van der Waals surface area contributed by atoms with Crippen LogP contribution in [0.4, 0.5) is 4.39 Å². The average Bonchev–Trinajstić information content (AvgIpc) is 2.54. The molecule has 2 heterocycles. The Kier molecular flexibility index (Phi) is 4.19. The number of halogens is 1. The molecule has 1 aromatic carbocycles. The Hall–Kier alpha value is -2.54. The van der Waals surface area contributed by atoms with Crippen LogP contribution in [0.1, 0.15) is 28.9 Å². The van der Waals surface area contributed by atoms with Crippen molar-refractivity contribution in [3.05, 3.63) is 41.3 Å². The van der Waals surface area contributed by atoms with Gasteiger partial charge in [0, 0.05) is 18.1 Å². The minimum Gasteiger partial charge on any atom is -0.378 e. The Morgan fingerprint density at radius 2 is 2.17 bits per heavy atom. The maximum Gasteiger partial charge on any atom is 0.254 e. The molecule has 1 atom stereocenters. The molecule has 7 heteroatoms. The lowest BCUT2D eigenvalue weighted by atomic mass is 9.91. The number of nitrogens with two attached hydrogens (primary N) is 1. The van der Waals surface area contributed by atoms with Gasteiger partial charge >= 0.3 is 0 Å². The third-order valence-corrected chi connectivity index (χ3v) is 4.28. The fourth-order valence-corrected chi connectivity index (χ4v) is 2.90. The highest BCUT2D eigenvalue weighted by Crippen LogP contribution is 2.22. The van der Waals surface area contributed by atoms with E-state index in [4.69, 9.17) is 10.5 Å². The highest BCUT2D eigenvalue weighted by atomic mass is 19.1. The zero-order valence-electron chi connectivity index (χ0n) is 13.3. The van der Waals surface area contributed by atoms with Gasteiger partial charge in [-0.1, -0.05) is 0 Å². The number of carbonyl (C=O) groups is 2. The van der Waals surface area contributed by atoms with Crippen LogP contribution >= 0.6 is 0 Å². The molecular weight excluding hydrogens is 313 g/mol. The first-order valence-electron chi connectivity index (χ1n) is 7.68. The van der Waals surface area contributed by atoms with Crippen LogP contribution in [0.15, 0.2) is 24.3 Å². The summed E-state index contributed by atoms with van der Waals surface area (Å²) in [5.74, 6) is -1.46. The molecule has 0 aliphatic carbocycles. The van der Waals surface area contributed by atoms with Crippen molar-refractivity contribution >= 4 is 22.7 Å². The summed E-state index contributed by atoms with van der Waals surface area (Å²) in [6, 6.07) is 5.80. The monoisotopic (exact) mass is 331 g/mol. The molecule has 24 heavy (non-hydrogen) atoms. The molecule has 0 bridgehead atoms. The van der Waals surface area contributed by atoms with Crippen LogP contribution in [-0.2, 0) is 9.53 Å². The molecule has 1 aromatic heterocycles. The van der Waals surface area contributed by atoms with E-state index in [9.17, 15) is 14.0 Å². The lowest BCUT2D eigenvalue weighted by molar-refractivity contribution is -0.129. The zero-order valence-corrected chi connectivity index (χ0v) is 13.3. The Labute approximate surface area is 138 Å². The lowest BCUT2D eigenvalue weighted by Gasteiger charge is -2.34. The van der Waals surface area contributed by atoms with Gasteiger partial charge in [0.1, 0.15) is 11.4 Å². The summed E-state index contributed by atoms with van der Waals surface area (Å²) in [4.78, 5) is 28.8. The van der Waals surface area contributed by atoms with Crippen molar-refractivity contribution in [1.29, 1.82) is 0 Å². The van der Waals surface area contributed by atoms with Gasteiger partial charge in [0.05, 0.1) is 23.4 Å². The molecule has 1 aliphatic rings. The molecule has 126 valence electrons. The largest absolute Gasteiger partial charge is 0.378 e. The molecule has 2 amide bonds. The topological polar surface area (TPSA) is 94.3 Å². The molecule has 0 radical (unpaired) electrons. The summed E-state index contributed by atoms with van der Waals surface area (Å²) < 4.78 is 18.6. The van der Waals surface area contributed by atoms with Crippen LogP contribution in [0.25, 0.3) is 10.9 Å². The van der Waals surface area contributed by atoms with E-state index in [1.165, 1.54) is 12.1 Å². The summed E-state index contributed by atoms with van der Waals surface area (Å²) in [5, 5.41) is 3.35.